The zero-order chi connectivity index (χ0) is 23.1. The molecule has 3 rings (SSSR count). The van der Waals surface area contributed by atoms with Crippen LogP contribution in [0.15, 0.2) is 66.7 Å². The van der Waals surface area contributed by atoms with Gasteiger partial charge in [0, 0.05) is 23.4 Å². The van der Waals surface area contributed by atoms with E-state index in [1.165, 1.54) is 18.2 Å². The lowest BCUT2D eigenvalue weighted by molar-refractivity contribution is -0.120. The molecule has 0 fully saturated rings. The third-order valence-electron chi connectivity index (χ3n) is 4.94. The van der Waals surface area contributed by atoms with Gasteiger partial charge in [-0.15, -0.1) is 0 Å². The zero-order valence-corrected chi connectivity index (χ0v) is 17.9. The fourth-order valence-electron chi connectivity index (χ4n) is 3.00. The maximum atomic E-state index is 13.3. The van der Waals surface area contributed by atoms with Crippen molar-refractivity contribution in [2.24, 2.45) is 0 Å². The molecule has 7 heteroatoms. The van der Waals surface area contributed by atoms with Crippen molar-refractivity contribution in [1.82, 2.24) is 10.6 Å². The minimum absolute atomic E-state index is 0.151. The standard InChI is InChI=1S/C25H24FN3O3/c1-16-9-10-20(11-17(16)2)24(31)28-15-23(30)27-14-18-5-3-8-22(12-18)29-25(32)19-6-4-7-21(26)13-19/h3-13H,14-15H2,1-2H3,(H,27,30)(H,28,31)(H,29,32). The Labute approximate surface area is 185 Å². The minimum atomic E-state index is -0.487. The molecule has 3 aromatic carbocycles. The van der Waals surface area contributed by atoms with Crippen LogP contribution in [0, 0.1) is 19.7 Å². The monoisotopic (exact) mass is 433 g/mol. The lowest BCUT2D eigenvalue weighted by Crippen LogP contribution is -2.36. The van der Waals surface area contributed by atoms with E-state index in [9.17, 15) is 18.8 Å². The summed E-state index contributed by atoms with van der Waals surface area (Å²) in [7, 11) is 0. The van der Waals surface area contributed by atoms with Crippen LogP contribution in [0.4, 0.5) is 10.1 Å². The molecular weight excluding hydrogens is 409 g/mol. The summed E-state index contributed by atoms with van der Waals surface area (Å²) in [6.07, 6.45) is 0. The van der Waals surface area contributed by atoms with Gasteiger partial charge in [-0.3, -0.25) is 14.4 Å². The van der Waals surface area contributed by atoms with Gasteiger partial charge in [0.15, 0.2) is 0 Å². The molecule has 0 heterocycles. The first-order valence-electron chi connectivity index (χ1n) is 10.1. The first-order valence-corrected chi connectivity index (χ1v) is 10.1. The summed E-state index contributed by atoms with van der Waals surface area (Å²) in [5.74, 6) is -1.57. The Bertz CT molecular complexity index is 1160. The maximum absolute atomic E-state index is 13.3. The van der Waals surface area contributed by atoms with Crippen molar-refractivity contribution in [1.29, 1.82) is 0 Å². The number of rotatable bonds is 7. The summed E-state index contributed by atoms with van der Waals surface area (Å²) in [4.78, 5) is 36.6. The van der Waals surface area contributed by atoms with Gasteiger partial charge in [-0.2, -0.15) is 0 Å². The Morgan fingerprint density at radius 1 is 0.781 bits per heavy atom. The van der Waals surface area contributed by atoms with Gasteiger partial charge in [0.1, 0.15) is 5.82 Å². The van der Waals surface area contributed by atoms with Crippen LogP contribution in [0.1, 0.15) is 37.4 Å². The number of carbonyl (C=O) groups excluding carboxylic acids is 3. The molecule has 0 unspecified atom stereocenters. The molecule has 0 aliphatic heterocycles. The van der Waals surface area contributed by atoms with Crippen LogP contribution in [0.5, 0.6) is 0 Å². The molecular formula is C25H24FN3O3. The molecule has 0 aromatic heterocycles. The molecule has 0 aliphatic carbocycles. The normalized spacial score (nSPS) is 10.3. The number of benzene rings is 3. The van der Waals surface area contributed by atoms with Gasteiger partial charge in [-0.1, -0.05) is 24.3 Å². The molecule has 6 nitrogen and oxygen atoms in total. The number of halogens is 1. The van der Waals surface area contributed by atoms with Gasteiger partial charge >= 0.3 is 0 Å². The largest absolute Gasteiger partial charge is 0.350 e. The smallest absolute Gasteiger partial charge is 0.255 e. The van der Waals surface area contributed by atoms with Crippen LogP contribution in [0.25, 0.3) is 0 Å². The van der Waals surface area contributed by atoms with E-state index in [2.05, 4.69) is 16.0 Å². The highest BCUT2D eigenvalue weighted by Crippen LogP contribution is 2.13. The molecule has 32 heavy (non-hydrogen) atoms. The fourth-order valence-corrected chi connectivity index (χ4v) is 3.00. The molecule has 0 bridgehead atoms. The lowest BCUT2D eigenvalue weighted by Gasteiger charge is -2.10. The van der Waals surface area contributed by atoms with E-state index in [0.717, 1.165) is 22.8 Å². The van der Waals surface area contributed by atoms with Crippen LogP contribution in [0.2, 0.25) is 0 Å². The molecule has 0 saturated heterocycles. The van der Waals surface area contributed by atoms with Gasteiger partial charge in [-0.25, -0.2) is 4.39 Å². The maximum Gasteiger partial charge on any atom is 0.255 e. The summed E-state index contributed by atoms with van der Waals surface area (Å²) in [6, 6.07) is 17.7. The summed E-state index contributed by atoms with van der Waals surface area (Å²) in [6.45, 7) is 3.96. The number of hydrogen-bond donors (Lipinski definition) is 3. The van der Waals surface area contributed by atoms with E-state index in [4.69, 9.17) is 0 Å². The van der Waals surface area contributed by atoms with E-state index in [-0.39, 0.29) is 30.5 Å². The predicted molar refractivity (Wildman–Crippen MR) is 121 cm³/mol. The summed E-state index contributed by atoms with van der Waals surface area (Å²) in [5.41, 5.74) is 4.09. The molecule has 0 atom stereocenters. The first-order chi connectivity index (χ1) is 15.3. The van der Waals surface area contributed by atoms with Crippen molar-refractivity contribution in [3.8, 4) is 0 Å². The molecule has 3 aromatic rings. The second kappa shape index (κ2) is 10.3. The quantitative estimate of drug-likeness (QED) is 0.531. The molecule has 0 saturated carbocycles. The highest BCUT2D eigenvalue weighted by molar-refractivity contribution is 6.04. The Hall–Kier alpha value is -4.00. The zero-order valence-electron chi connectivity index (χ0n) is 17.9. The Kier molecular flexibility index (Phi) is 7.33. The topological polar surface area (TPSA) is 87.3 Å². The number of amides is 3. The van der Waals surface area contributed by atoms with Crippen molar-refractivity contribution >= 4 is 23.4 Å². The number of hydrogen-bond acceptors (Lipinski definition) is 3. The van der Waals surface area contributed by atoms with E-state index >= 15 is 0 Å². The van der Waals surface area contributed by atoms with Crippen LogP contribution < -0.4 is 16.0 Å². The molecule has 164 valence electrons. The second-order valence-electron chi connectivity index (χ2n) is 7.42. The van der Waals surface area contributed by atoms with Crippen molar-refractivity contribution in [2.45, 2.75) is 20.4 Å². The second-order valence-corrected chi connectivity index (χ2v) is 7.42. The highest BCUT2D eigenvalue weighted by Gasteiger charge is 2.10. The Morgan fingerprint density at radius 3 is 2.28 bits per heavy atom. The van der Waals surface area contributed by atoms with Crippen LogP contribution in [-0.4, -0.2) is 24.3 Å². The Morgan fingerprint density at radius 2 is 1.53 bits per heavy atom. The number of anilines is 1. The SMILES string of the molecule is Cc1ccc(C(=O)NCC(=O)NCc2cccc(NC(=O)c3cccc(F)c3)c2)cc1C. The van der Waals surface area contributed by atoms with E-state index in [0.29, 0.717) is 11.3 Å². The van der Waals surface area contributed by atoms with E-state index < -0.39 is 11.7 Å². The van der Waals surface area contributed by atoms with Crippen molar-refractivity contribution < 1.29 is 18.8 Å². The number of carbonyl (C=O) groups is 3. The molecule has 3 amide bonds. The van der Waals surface area contributed by atoms with Gasteiger partial charge in [0.2, 0.25) is 5.91 Å². The lowest BCUT2D eigenvalue weighted by atomic mass is 10.1. The van der Waals surface area contributed by atoms with Gasteiger partial charge in [-0.05, 0) is 73.0 Å². The number of aryl methyl sites for hydroxylation is 2. The number of nitrogens with one attached hydrogen (secondary N) is 3. The van der Waals surface area contributed by atoms with Crippen molar-refractivity contribution in [2.75, 3.05) is 11.9 Å². The third kappa shape index (κ3) is 6.25. The average molecular weight is 433 g/mol. The van der Waals surface area contributed by atoms with E-state index in [1.54, 1.807) is 36.4 Å². The van der Waals surface area contributed by atoms with Crippen LogP contribution in [-0.2, 0) is 11.3 Å². The molecule has 0 spiro atoms. The molecule has 0 aliphatic rings. The van der Waals surface area contributed by atoms with Crippen molar-refractivity contribution in [3.05, 3.63) is 100 Å². The summed E-state index contributed by atoms with van der Waals surface area (Å²) < 4.78 is 13.3. The molecule has 0 radical (unpaired) electrons. The van der Waals surface area contributed by atoms with Crippen LogP contribution >= 0.6 is 0 Å². The summed E-state index contributed by atoms with van der Waals surface area (Å²) >= 11 is 0. The average Bonchev–Trinajstić information content (AvgIpc) is 2.78. The fraction of sp³-hybridized carbons (Fsp3) is 0.160. The summed E-state index contributed by atoms with van der Waals surface area (Å²) in [5, 5.41) is 8.04. The predicted octanol–water partition coefficient (Wildman–Crippen LogP) is 3.74. The van der Waals surface area contributed by atoms with Crippen LogP contribution in [0.3, 0.4) is 0 Å². The Balaban J connectivity index is 1.50. The first kappa shape index (κ1) is 22.7. The van der Waals surface area contributed by atoms with Gasteiger partial charge in [0.05, 0.1) is 6.54 Å². The minimum Gasteiger partial charge on any atom is -0.350 e. The third-order valence-corrected chi connectivity index (χ3v) is 4.94. The highest BCUT2D eigenvalue weighted by atomic mass is 19.1. The molecule has 3 N–H and O–H groups in total. The van der Waals surface area contributed by atoms with E-state index in [1.807, 2.05) is 19.9 Å². The van der Waals surface area contributed by atoms with Crippen molar-refractivity contribution in [3.63, 3.8) is 0 Å². The van der Waals surface area contributed by atoms with Gasteiger partial charge in [0.25, 0.3) is 11.8 Å². The van der Waals surface area contributed by atoms with Gasteiger partial charge < -0.3 is 16.0 Å².